The second-order valence-corrected chi connectivity index (χ2v) is 9.32. The Morgan fingerprint density at radius 3 is 1.83 bits per heavy atom. The molecule has 1 aliphatic rings. The van der Waals surface area contributed by atoms with Crippen LogP contribution >= 0.6 is 0 Å². The molecule has 1 aromatic carbocycles. The molecule has 0 bridgehead atoms. The van der Waals surface area contributed by atoms with E-state index in [-0.39, 0.29) is 5.92 Å². The summed E-state index contributed by atoms with van der Waals surface area (Å²) in [5.41, 5.74) is 1.17. The molecule has 0 aliphatic heterocycles. The van der Waals surface area contributed by atoms with Gasteiger partial charge in [-0.2, -0.15) is 0 Å². The van der Waals surface area contributed by atoms with Gasteiger partial charge in [0.05, 0.1) is 6.10 Å². The summed E-state index contributed by atoms with van der Waals surface area (Å²) in [4.78, 5) is 11.3. The number of ether oxygens (including phenoxy) is 1. The summed E-state index contributed by atoms with van der Waals surface area (Å²) in [5, 5.41) is 0. The van der Waals surface area contributed by atoms with E-state index < -0.39 is 0 Å². The van der Waals surface area contributed by atoms with E-state index >= 15 is 0 Å². The fraction of sp³-hybridized carbons (Fsp3) is 0.750. The van der Waals surface area contributed by atoms with Crippen molar-refractivity contribution in [3.8, 4) is 0 Å². The quantitative estimate of drug-likeness (QED) is 0.178. The van der Waals surface area contributed by atoms with Crippen LogP contribution < -0.4 is 0 Å². The number of hydrogen-bond acceptors (Lipinski definition) is 2. The van der Waals surface area contributed by atoms with E-state index in [1.54, 1.807) is 0 Å². The van der Waals surface area contributed by atoms with Gasteiger partial charge in [0, 0.05) is 12.5 Å². The molecule has 0 heterocycles. The maximum absolute atomic E-state index is 11.3. The van der Waals surface area contributed by atoms with Gasteiger partial charge in [-0.15, -0.1) is 0 Å². The molecule has 2 heteroatoms. The molecule has 170 valence electrons. The normalized spacial score (nSPS) is 15.9. The second-order valence-electron chi connectivity index (χ2n) is 9.32. The fourth-order valence-electron chi connectivity index (χ4n) is 4.73. The summed E-state index contributed by atoms with van der Waals surface area (Å²) in [5.74, 6) is 0.0880. The Balaban J connectivity index is 1.29. The first-order valence-electron chi connectivity index (χ1n) is 13.0. The second kappa shape index (κ2) is 17.5. The van der Waals surface area contributed by atoms with Gasteiger partial charge in [-0.25, -0.2) is 0 Å². The average Bonchev–Trinajstić information content (AvgIpc) is 2.80. The van der Waals surface area contributed by atoms with E-state index in [1.165, 1.54) is 115 Å². The minimum Gasteiger partial charge on any atom is -0.378 e. The summed E-state index contributed by atoms with van der Waals surface area (Å²) in [7, 11) is 0. The molecule has 1 saturated carbocycles. The topological polar surface area (TPSA) is 26.3 Å². The number of unbranched alkanes of at least 4 members (excludes halogenated alkanes) is 11. The van der Waals surface area contributed by atoms with Gasteiger partial charge >= 0.3 is 0 Å². The largest absolute Gasteiger partial charge is 0.378 e. The van der Waals surface area contributed by atoms with Crippen LogP contribution in [-0.2, 0) is 9.53 Å². The smallest absolute Gasteiger partial charge is 0.127 e. The maximum atomic E-state index is 11.3. The van der Waals surface area contributed by atoms with E-state index in [0.717, 1.165) is 19.3 Å². The van der Waals surface area contributed by atoms with Gasteiger partial charge in [0.2, 0.25) is 0 Å². The van der Waals surface area contributed by atoms with Gasteiger partial charge in [-0.3, -0.25) is 0 Å². The highest BCUT2D eigenvalue weighted by Crippen LogP contribution is 2.22. The molecule has 0 radical (unpaired) electrons. The van der Waals surface area contributed by atoms with Crippen LogP contribution in [0, 0.1) is 0 Å². The van der Waals surface area contributed by atoms with Crippen LogP contribution in [0.5, 0.6) is 0 Å². The van der Waals surface area contributed by atoms with Crippen molar-refractivity contribution in [2.75, 3.05) is 6.61 Å². The molecule has 1 unspecified atom stereocenters. The Morgan fingerprint density at radius 1 is 0.733 bits per heavy atom. The summed E-state index contributed by atoms with van der Waals surface area (Å²) < 4.78 is 6.01. The van der Waals surface area contributed by atoms with Crippen molar-refractivity contribution in [2.24, 2.45) is 0 Å². The van der Waals surface area contributed by atoms with Crippen LogP contribution in [0.3, 0.4) is 0 Å². The summed E-state index contributed by atoms with van der Waals surface area (Å²) in [6.07, 6.45) is 25.5. The molecule has 1 aromatic rings. The molecule has 30 heavy (non-hydrogen) atoms. The molecule has 0 amide bonds. The van der Waals surface area contributed by atoms with Crippen LogP contribution in [-0.4, -0.2) is 19.0 Å². The van der Waals surface area contributed by atoms with E-state index in [1.807, 2.05) is 18.2 Å². The van der Waals surface area contributed by atoms with Crippen molar-refractivity contribution in [3.05, 3.63) is 35.9 Å². The zero-order valence-electron chi connectivity index (χ0n) is 19.4. The zero-order valence-corrected chi connectivity index (χ0v) is 19.4. The van der Waals surface area contributed by atoms with Gasteiger partial charge in [0.25, 0.3) is 0 Å². The molecule has 2 nitrogen and oxygen atoms in total. The Morgan fingerprint density at radius 2 is 1.27 bits per heavy atom. The van der Waals surface area contributed by atoms with Crippen molar-refractivity contribution in [1.29, 1.82) is 0 Å². The predicted molar refractivity (Wildman–Crippen MR) is 128 cm³/mol. The first kappa shape index (κ1) is 25.1. The van der Waals surface area contributed by atoms with Crippen LogP contribution in [0.25, 0.3) is 0 Å². The Labute approximate surface area is 186 Å². The number of carbonyl (C=O) groups excluding carboxylic acids is 1. The Kier molecular flexibility index (Phi) is 14.7. The third-order valence-electron chi connectivity index (χ3n) is 6.71. The maximum Gasteiger partial charge on any atom is 0.127 e. The molecule has 0 aromatic heterocycles. The van der Waals surface area contributed by atoms with Crippen LogP contribution in [0.1, 0.15) is 127 Å². The van der Waals surface area contributed by atoms with E-state index in [9.17, 15) is 4.79 Å². The highest BCUT2D eigenvalue weighted by Gasteiger charge is 2.13. The van der Waals surface area contributed by atoms with E-state index in [4.69, 9.17) is 4.74 Å². The lowest BCUT2D eigenvalue weighted by Gasteiger charge is -2.21. The number of aldehydes is 1. The lowest BCUT2D eigenvalue weighted by Crippen LogP contribution is -2.17. The van der Waals surface area contributed by atoms with E-state index in [2.05, 4.69) is 12.1 Å². The first-order valence-corrected chi connectivity index (χ1v) is 13.0. The van der Waals surface area contributed by atoms with Gasteiger partial charge in [0.15, 0.2) is 0 Å². The highest BCUT2D eigenvalue weighted by atomic mass is 16.5. The molecule has 1 aliphatic carbocycles. The highest BCUT2D eigenvalue weighted by molar-refractivity contribution is 5.61. The van der Waals surface area contributed by atoms with Crippen LogP contribution in [0.15, 0.2) is 30.3 Å². The van der Waals surface area contributed by atoms with Crippen LogP contribution in [0.4, 0.5) is 0 Å². The molecule has 1 fully saturated rings. The predicted octanol–water partition coefficient (Wildman–Crippen LogP) is 8.39. The van der Waals surface area contributed by atoms with Crippen molar-refractivity contribution in [1.82, 2.24) is 0 Å². The zero-order chi connectivity index (χ0) is 21.1. The third kappa shape index (κ3) is 11.9. The molecular weight excluding hydrogens is 368 g/mol. The number of rotatable bonds is 18. The van der Waals surface area contributed by atoms with Crippen molar-refractivity contribution in [3.63, 3.8) is 0 Å². The first-order chi connectivity index (χ1) is 14.9. The number of benzene rings is 1. The molecule has 2 rings (SSSR count). The SMILES string of the molecule is O=CC(CCCCCCCCCCCCCCOC1CCCCC1)c1ccccc1. The summed E-state index contributed by atoms with van der Waals surface area (Å²) in [6.45, 7) is 0.990. The molecule has 0 N–H and O–H groups in total. The lowest BCUT2D eigenvalue weighted by molar-refractivity contribution is -0.109. The van der Waals surface area contributed by atoms with Gasteiger partial charge < -0.3 is 9.53 Å². The lowest BCUT2D eigenvalue weighted by atomic mass is 9.94. The Hall–Kier alpha value is -1.15. The number of carbonyl (C=O) groups is 1. The van der Waals surface area contributed by atoms with Gasteiger partial charge in [-0.1, -0.05) is 120 Å². The molecule has 0 spiro atoms. The molecule has 0 saturated heterocycles. The monoisotopic (exact) mass is 414 g/mol. The van der Waals surface area contributed by atoms with E-state index in [0.29, 0.717) is 6.10 Å². The minimum atomic E-state index is 0.0880. The average molecular weight is 415 g/mol. The third-order valence-corrected chi connectivity index (χ3v) is 6.71. The van der Waals surface area contributed by atoms with Gasteiger partial charge in [-0.05, 0) is 31.2 Å². The molecular formula is C28H46O2. The van der Waals surface area contributed by atoms with Crippen molar-refractivity contribution in [2.45, 2.75) is 128 Å². The molecule has 1 atom stereocenters. The standard InChI is InChI=1S/C28H46O2/c29-25-27(26-19-14-11-15-20-26)21-13-9-7-5-3-1-2-4-6-8-10-18-24-30-28-22-16-12-17-23-28/h11,14-15,19-20,25,27-28H,1-10,12-13,16-18,21-24H2. The van der Waals surface area contributed by atoms with Crippen LogP contribution in [0.2, 0.25) is 0 Å². The van der Waals surface area contributed by atoms with Crippen molar-refractivity contribution >= 4 is 6.29 Å². The fourth-order valence-corrected chi connectivity index (χ4v) is 4.73. The minimum absolute atomic E-state index is 0.0880. The Bertz CT molecular complexity index is 507. The summed E-state index contributed by atoms with van der Waals surface area (Å²) in [6, 6.07) is 10.2. The van der Waals surface area contributed by atoms with Crippen molar-refractivity contribution < 1.29 is 9.53 Å². The number of hydrogen-bond donors (Lipinski definition) is 0. The van der Waals surface area contributed by atoms with Gasteiger partial charge in [0.1, 0.15) is 6.29 Å². The summed E-state index contributed by atoms with van der Waals surface area (Å²) >= 11 is 0.